The van der Waals surface area contributed by atoms with Crippen molar-refractivity contribution in [3.63, 3.8) is 0 Å². The minimum absolute atomic E-state index is 0.0358. The van der Waals surface area contributed by atoms with E-state index in [0.29, 0.717) is 44.0 Å². The summed E-state index contributed by atoms with van der Waals surface area (Å²) < 4.78 is 1.32. The molecule has 3 rings (SSSR count). The zero-order valence-electron chi connectivity index (χ0n) is 19.2. The third-order valence-electron chi connectivity index (χ3n) is 5.73. The molecule has 0 aliphatic carbocycles. The fourth-order valence-electron chi connectivity index (χ4n) is 3.93. The van der Waals surface area contributed by atoms with E-state index in [-0.39, 0.29) is 24.0 Å². The number of carbonyl (C=O) groups excluding carboxylic acids is 1. The van der Waals surface area contributed by atoms with Crippen molar-refractivity contribution in [3.8, 4) is 0 Å². The molecule has 1 amide bonds. The first-order valence-electron chi connectivity index (χ1n) is 11.4. The highest BCUT2D eigenvalue weighted by Gasteiger charge is 2.27. The van der Waals surface area contributed by atoms with E-state index in [4.69, 9.17) is 17.3 Å². The van der Waals surface area contributed by atoms with E-state index in [1.807, 2.05) is 26.0 Å². The van der Waals surface area contributed by atoms with Crippen molar-refractivity contribution in [2.45, 2.75) is 39.7 Å². The van der Waals surface area contributed by atoms with Crippen LogP contribution in [-0.2, 0) is 11.3 Å². The van der Waals surface area contributed by atoms with Gasteiger partial charge in [-0.25, -0.2) is 9.78 Å². The lowest BCUT2D eigenvalue weighted by Gasteiger charge is -2.36. The molecular weight excluding hydrogens is 446 g/mol. The number of hydrogen-bond acceptors (Lipinski definition) is 7. The number of halogens is 1. The number of piperazine rings is 1. The largest absolute Gasteiger partial charge is 0.383 e. The minimum Gasteiger partial charge on any atom is -0.383 e. The molecule has 3 N–H and O–H groups in total. The van der Waals surface area contributed by atoms with Crippen molar-refractivity contribution in [2.75, 3.05) is 54.8 Å². The fraction of sp³-hybridized carbons (Fsp3) is 0.545. The van der Waals surface area contributed by atoms with Crippen LogP contribution in [0.4, 0.5) is 17.3 Å². The van der Waals surface area contributed by atoms with Crippen LogP contribution in [-0.4, -0.2) is 64.6 Å². The Morgan fingerprint density at radius 3 is 2.52 bits per heavy atom. The molecule has 11 heteroatoms. The summed E-state index contributed by atoms with van der Waals surface area (Å²) in [6, 6.07) is 3.70. The molecule has 1 fully saturated rings. The molecule has 33 heavy (non-hydrogen) atoms. The molecule has 1 saturated heterocycles. The Labute approximate surface area is 198 Å². The Balaban J connectivity index is 1.74. The molecule has 0 spiro atoms. The predicted octanol–water partition coefficient (Wildman–Crippen LogP) is 1.53. The first-order chi connectivity index (χ1) is 15.8. The lowest BCUT2D eigenvalue weighted by atomic mass is 10.2. The number of H-pyrrole nitrogens is 1. The highest BCUT2D eigenvalue weighted by molar-refractivity contribution is 6.30. The van der Waals surface area contributed by atoms with Crippen molar-refractivity contribution in [1.82, 2.24) is 19.4 Å². The number of hydrogen-bond donors (Lipinski definition) is 2. The van der Waals surface area contributed by atoms with Crippen LogP contribution in [0.15, 0.2) is 27.9 Å². The van der Waals surface area contributed by atoms with E-state index < -0.39 is 11.2 Å². The van der Waals surface area contributed by atoms with Gasteiger partial charge in [0, 0.05) is 45.5 Å². The van der Waals surface area contributed by atoms with Gasteiger partial charge in [0.25, 0.3) is 5.56 Å². The molecule has 180 valence electrons. The molecule has 1 aliphatic heterocycles. The Bertz CT molecular complexity index is 1060. The molecule has 2 aromatic heterocycles. The van der Waals surface area contributed by atoms with Crippen LogP contribution in [0.25, 0.3) is 0 Å². The lowest BCUT2D eigenvalue weighted by molar-refractivity contribution is -0.119. The van der Waals surface area contributed by atoms with Crippen molar-refractivity contribution >= 4 is 34.8 Å². The Morgan fingerprint density at radius 1 is 1.18 bits per heavy atom. The lowest BCUT2D eigenvalue weighted by Crippen LogP contribution is -2.51. The highest BCUT2D eigenvalue weighted by atomic mass is 35.5. The zero-order chi connectivity index (χ0) is 24.0. The zero-order valence-corrected chi connectivity index (χ0v) is 20.0. The number of anilines is 3. The molecular formula is C22H32ClN7O3. The molecule has 0 bridgehead atoms. The van der Waals surface area contributed by atoms with Crippen LogP contribution >= 0.6 is 11.6 Å². The average molecular weight is 478 g/mol. The molecule has 0 radical (unpaired) electrons. The number of nitrogens with zero attached hydrogens (tertiary/aromatic N) is 5. The third kappa shape index (κ3) is 5.94. The summed E-state index contributed by atoms with van der Waals surface area (Å²) >= 11 is 5.92. The van der Waals surface area contributed by atoms with Crippen molar-refractivity contribution in [3.05, 3.63) is 44.2 Å². The van der Waals surface area contributed by atoms with Crippen LogP contribution < -0.4 is 26.8 Å². The summed E-state index contributed by atoms with van der Waals surface area (Å²) in [4.78, 5) is 50.5. The van der Waals surface area contributed by atoms with Crippen LogP contribution in [0.1, 0.15) is 33.1 Å². The number of nitrogens with two attached hydrogens (primary N) is 1. The molecule has 1 aliphatic rings. The smallest absolute Gasteiger partial charge is 0.330 e. The van der Waals surface area contributed by atoms with E-state index in [1.54, 1.807) is 6.20 Å². The van der Waals surface area contributed by atoms with Gasteiger partial charge in [-0.15, -0.1) is 0 Å². The summed E-state index contributed by atoms with van der Waals surface area (Å²) in [5.41, 5.74) is 5.09. The number of rotatable bonds is 9. The normalized spacial score (nSPS) is 14.5. The van der Waals surface area contributed by atoms with Crippen LogP contribution in [0.2, 0.25) is 5.02 Å². The van der Waals surface area contributed by atoms with E-state index in [2.05, 4.69) is 19.8 Å². The first-order valence-corrected chi connectivity index (χ1v) is 11.7. The maximum atomic E-state index is 13.3. The minimum atomic E-state index is -0.632. The highest BCUT2D eigenvalue weighted by Crippen LogP contribution is 2.20. The van der Waals surface area contributed by atoms with Gasteiger partial charge in [-0.3, -0.25) is 24.0 Å². The first kappa shape index (κ1) is 24.8. The van der Waals surface area contributed by atoms with E-state index in [1.165, 1.54) is 9.47 Å². The number of carbonyl (C=O) groups is 1. The molecule has 0 atom stereocenters. The number of unbranched alkanes of at least 4 members (excludes halogenated alkanes) is 1. The molecule has 2 aromatic rings. The molecule has 10 nitrogen and oxygen atoms in total. The third-order valence-corrected chi connectivity index (χ3v) is 5.96. The molecule has 0 aromatic carbocycles. The second-order valence-electron chi connectivity index (χ2n) is 8.14. The second-order valence-corrected chi connectivity index (χ2v) is 8.58. The number of aromatic amines is 1. The van der Waals surface area contributed by atoms with Gasteiger partial charge in [-0.05, 0) is 25.0 Å². The number of nitrogens with one attached hydrogen (secondary N) is 1. The van der Waals surface area contributed by atoms with Crippen molar-refractivity contribution < 1.29 is 4.79 Å². The van der Waals surface area contributed by atoms with E-state index in [9.17, 15) is 14.4 Å². The summed E-state index contributed by atoms with van der Waals surface area (Å²) in [6.07, 6.45) is 3.86. The topological polar surface area (TPSA) is 121 Å². The summed E-state index contributed by atoms with van der Waals surface area (Å²) in [6.45, 7) is 7.62. The number of amides is 1. The van der Waals surface area contributed by atoms with Crippen LogP contribution in [0, 0.1) is 0 Å². The van der Waals surface area contributed by atoms with E-state index in [0.717, 1.165) is 25.3 Å². The van der Waals surface area contributed by atoms with Gasteiger partial charge in [0.2, 0.25) is 5.91 Å². The maximum Gasteiger partial charge on any atom is 0.330 e. The van der Waals surface area contributed by atoms with Gasteiger partial charge < -0.3 is 15.5 Å². The fourth-order valence-corrected chi connectivity index (χ4v) is 4.04. The Morgan fingerprint density at radius 2 is 1.91 bits per heavy atom. The van der Waals surface area contributed by atoms with Crippen LogP contribution in [0.5, 0.6) is 0 Å². The summed E-state index contributed by atoms with van der Waals surface area (Å²) in [5, 5.41) is 0.592. The van der Waals surface area contributed by atoms with Gasteiger partial charge >= 0.3 is 5.69 Å². The van der Waals surface area contributed by atoms with Crippen molar-refractivity contribution in [1.29, 1.82) is 0 Å². The maximum absolute atomic E-state index is 13.3. The van der Waals surface area contributed by atoms with Crippen LogP contribution in [0.3, 0.4) is 0 Å². The quantitative estimate of drug-likeness (QED) is 0.561. The Kier molecular flexibility index (Phi) is 8.51. The van der Waals surface area contributed by atoms with Gasteiger partial charge in [0.1, 0.15) is 11.6 Å². The summed E-state index contributed by atoms with van der Waals surface area (Å²) in [5.74, 6) is 0.682. The SMILES string of the molecule is CCCCN(C(=O)CN1CCN(c2ccc(Cl)cn2)CC1)c1c(N)n(CCC)c(=O)[nH]c1=O. The van der Waals surface area contributed by atoms with E-state index >= 15 is 0 Å². The number of nitrogen functional groups attached to an aromatic ring is 1. The molecule has 3 heterocycles. The monoisotopic (exact) mass is 477 g/mol. The standard InChI is InChI=1S/C22H32ClN7O3/c1-3-5-9-29(19-20(24)30(8-4-2)22(33)26-21(19)32)18(31)15-27-10-12-28(13-11-27)17-7-6-16(23)14-25-17/h6-7,14H,3-5,8-13,15,24H2,1-2H3,(H,26,32,33). The van der Waals surface area contributed by atoms with Gasteiger partial charge in [-0.2, -0.15) is 0 Å². The van der Waals surface area contributed by atoms with Gasteiger partial charge in [-0.1, -0.05) is 31.9 Å². The molecule has 0 unspecified atom stereocenters. The van der Waals surface area contributed by atoms with Gasteiger partial charge in [0.05, 0.1) is 11.6 Å². The average Bonchev–Trinajstić information content (AvgIpc) is 2.79. The summed E-state index contributed by atoms with van der Waals surface area (Å²) in [7, 11) is 0. The van der Waals surface area contributed by atoms with Crippen molar-refractivity contribution in [2.24, 2.45) is 0 Å². The molecule has 0 saturated carbocycles. The predicted molar refractivity (Wildman–Crippen MR) is 131 cm³/mol. The number of pyridine rings is 1. The number of aromatic nitrogens is 3. The Hall–Kier alpha value is -2.85. The second kappa shape index (κ2) is 11.3. The van der Waals surface area contributed by atoms with Gasteiger partial charge in [0.15, 0.2) is 5.69 Å².